The van der Waals surface area contributed by atoms with Gasteiger partial charge in [-0.05, 0) is 33.2 Å². The number of hydrogen-bond acceptors (Lipinski definition) is 4. The molecule has 0 radical (unpaired) electrons. The summed E-state index contributed by atoms with van der Waals surface area (Å²) in [6.07, 6.45) is 3.72. The number of hydrogen-bond donors (Lipinski definition) is 2. The van der Waals surface area contributed by atoms with Gasteiger partial charge in [-0.25, -0.2) is 5.84 Å². The number of nitrogens with zero attached hydrogens (tertiary/aromatic N) is 1. The molecule has 1 aliphatic heterocycles. The first-order chi connectivity index (χ1) is 7.15. The fourth-order valence-corrected chi connectivity index (χ4v) is 1.75. The van der Waals surface area contributed by atoms with Gasteiger partial charge in [0.25, 0.3) is 5.91 Å². The largest absolute Gasteiger partial charge is 0.377 e. The smallest absolute Gasteiger partial charge is 0.250 e. The molecule has 2 unspecified atom stereocenters. The van der Waals surface area contributed by atoms with Crippen LogP contribution in [0, 0.1) is 0 Å². The molecule has 0 bridgehead atoms. The van der Waals surface area contributed by atoms with Crippen LogP contribution < -0.4 is 11.3 Å². The first-order valence-corrected chi connectivity index (χ1v) is 5.47. The lowest BCUT2D eigenvalue weighted by molar-refractivity contribution is -0.126. The average Bonchev–Trinajstić information content (AvgIpc) is 2.28. The van der Waals surface area contributed by atoms with Crippen molar-refractivity contribution < 1.29 is 9.53 Å². The van der Waals surface area contributed by atoms with Crippen molar-refractivity contribution in [3.8, 4) is 0 Å². The molecule has 5 heteroatoms. The summed E-state index contributed by atoms with van der Waals surface area (Å²) >= 11 is 0. The molecular formula is C10H21N3O2. The summed E-state index contributed by atoms with van der Waals surface area (Å²) in [5, 5.41) is 0. The number of likely N-dealkylation sites (N-methyl/N-ethyl adjacent to an activating group) is 1. The van der Waals surface area contributed by atoms with E-state index in [-0.39, 0.29) is 18.1 Å². The zero-order valence-electron chi connectivity index (χ0n) is 9.53. The van der Waals surface area contributed by atoms with E-state index in [1.807, 2.05) is 18.9 Å². The van der Waals surface area contributed by atoms with Gasteiger partial charge in [0.05, 0.1) is 12.1 Å². The van der Waals surface area contributed by atoms with Crippen molar-refractivity contribution in [3.63, 3.8) is 0 Å². The van der Waals surface area contributed by atoms with E-state index in [0.717, 1.165) is 26.0 Å². The van der Waals surface area contributed by atoms with Gasteiger partial charge in [0.1, 0.15) is 0 Å². The van der Waals surface area contributed by atoms with E-state index in [2.05, 4.69) is 5.43 Å². The molecule has 0 aromatic rings. The van der Waals surface area contributed by atoms with Crippen molar-refractivity contribution in [2.45, 2.75) is 38.3 Å². The number of hydrazine groups is 1. The Balaban J connectivity index is 2.32. The standard InChI is InChI=1S/C10H21N3O2/c1-8(10(14)12-11)13(2)7-9-5-3-4-6-15-9/h8-9H,3-7,11H2,1-2H3,(H,12,14). The van der Waals surface area contributed by atoms with Gasteiger partial charge >= 0.3 is 0 Å². The van der Waals surface area contributed by atoms with Gasteiger partial charge in [-0.2, -0.15) is 0 Å². The van der Waals surface area contributed by atoms with Crippen molar-refractivity contribution in [2.75, 3.05) is 20.2 Å². The zero-order chi connectivity index (χ0) is 11.3. The second-order valence-electron chi connectivity index (χ2n) is 4.11. The van der Waals surface area contributed by atoms with Gasteiger partial charge in [-0.1, -0.05) is 0 Å². The molecule has 1 saturated heterocycles. The van der Waals surface area contributed by atoms with E-state index in [0.29, 0.717) is 0 Å². The topological polar surface area (TPSA) is 67.6 Å². The Kier molecular flexibility index (Phi) is 5.01. The molecule has 3 N–H and O–H groups in total. The molecule has 1 rings (SSSR count). The Labute approximate surface area is 90.9 Å². The normalized spacial score (nSPS) is 23.9. The molecule has 0 saturated carbocycles. The van der Waals surface area contributed by atoms with Crippen LogP contribution in [0.2, 0.25) is 0 Å². The Morgan fingerprint density at radius 1 is 1.67 bits per heavy atom. The highest BCUT2D eigenvalue weighted by molar-refractivity contribution is 5.80. The number of ether oxygens (including phenoxy) is 1. The summed E-state index contributed by atoms with van der Waals surface area (Å²) in [6, 6.07) is -0.208. The van der Waals surface area contributed by atoms with Crippen LogP contribution in [-0.4, -0.2) is 43.2 Å². The van der Waals surface area contributed by atoms with Crippen LogP contribution in [0.25, 0.3) is 0 Å². The van der Waals surface area contributed by atoms with Gasteiger partial charge in [-0.3, -0.25) is 15.1 Å². The zero-order valence-corrected chi connectivity index (χ0v) is 9.53. The van der Waals surface area contributed by atoms with E-state index >= 15 is 0 Å². The maximum atomic E-state index is 11.3. The molecule has 1 fully saturated rings. The van der Waals surface area contributed by atoms with Crippen LogP contribution in [0.3, 0.4) is 0 Å². The Hall–Kier alpha value is -0.650. The first kappa shape index (κ1) is 12.4. The second-order valence-corrected chi connectivity index (χ2v) is 4.11. The minimum atomic E-state index is -0.208. The Bertz CT molecular complexity index is 205. The molecule has 1 heterocycles. The summed E-state index contributed by atoms with van der Waals surface area (Å²) in [5.74, 6) is 4.93. The molecular weight excluding hydrogens is 194 g/mol. The van der Waals surface area contributed by atoms with E-state index < -0.39 is 0 Å². The van der Waals surface area contributed by atoms with Crippen molar-refractivity contribution in [1.29, 1.82) is 0 Å². The minimum absolute atomic E-state index is 0.159. The molecule has 0 aromatic heterocycles. The Morgan fingerprint density at radius 2 is 2.40 bits per heavy atom. The van der Waals surface area contributed by atoms with Crippen LogP contribution in [-0.2, 0) is 9.53 Å². The Morgan fingerprint density at radius 3 is 2.93 bits per heavy atom. The molecule has 88 valence electrons. The highest BCUT2D eigenvalue weighted by atomic mass is 16.5. The third kappa shape index (κ3) is 3.77. The van der Waals surface area contributed by atoms with Crippen molar-refractivity contribution in [3.05, 3.63) is 0 Å². The maximum absolute atomic E-state index is 11.3. The lowest BCUT2D eigenvalue weighted by atomic mass is 10.1. The van der Waals surface area contributed by atoms with Crippen molar-refractivity contribution in [1.82, 2.24) is 10.3 Å². The number of amides is 1. The van der Waals surface area contributed by atoms with Crippen LogP contribution >= 0.6 is 0 Å². The van der Waals surface area contributed by atoms with E-state index in [4.69, 9.17) is 10.6 Å². The summed E-state index contributed by atoms with van der Waals surface area (Å²) in [6.45, 7) is 3.47. The van der Waals surface area contributed by atoms with Crippen LogP contribution in [0.1, 0.15) is 26.2 Å². The fraction of sp³-hybridized carbons (Fsp3) is 0.900. The van der Waals surface area contributed by atoms with Gasteiger partial charge < -0.3 is 4.74 Å². The molecule has 5 nitrogen and oxygen atoms in total. The van der Waals surface area contributed by atoms with Crippen molar-refractivity contribution >= 4 is 5.91 Å². The van der Waals surface area contributed by atoms with E-state index in [1.54, 1.807) is 0 Å². The first-order valence-electron chi connectivity index (χ1n) is 5.47. The van der Waals surface area contributed by atoms with Crippen LogP contribution in [0.4, 0.5) is 0 Å². The highest BCUT2D eigenvalue weighted by Crippen LogP contribution is 2.14. The predicted octanol–water partition coefficient (Wildman–Crippen LogP) is -0.134. The average molecular weight is 215 g/mol. The summed E-state index contributed by atoms with van der Waals surface area (Å²) in [4.78, 5) is 13.2. The summed E-state index contributed by atoms with van der Waals surface area (Å²) < 4.78 is 5.61. The van der Waals surface area contributed by atoms with E-state index in [1.165, 1.54) is 6.42 Å². The third-order valence-corrected chi connectivity index (χ3v) is 2.95. The maximum Gasteiger partial charge on any atom is 0.250 e. The van der Waals surface area contributed by atoms with Crippen LogP contribution in [0.5, 0.6) is 0 Å². The fourth-order valence-electron chi connectivity index (χ4n) is 1.75. The lowest BCUT2D eigenvalue weighted by Gasteiger charge is -2.30. The second kappa shape index (κ2) is 6.05. The monoisotopic (exact) mass is 215 g/mol. The molecule has 0 aliphatic carbocycles. The molecule has 0 aromatic carbocycles. The van der Waals surface area contributed by atoms with Crippen LogP contribution in [0.15, 0.2) is 0 Å². The van der Waals surface area contributed by atoms with Gasteiger partial charge in [0.15, 0.2) is 0 Å². The molecule has 2 atom stereocenters. The molecule has 15 heavy (non-hydrogen) atoms. The summed E-state index contributed by atoms with van der Waals surface area (Å²) in [7, 11) is 1.91. The number of nitrogens with two attached hydrogens (primary N) is 1. The van der Waals surface area contributed by atoms with Gasteiger partial charge in [-0.15, -0.1) is 0 Å². The quantitative estimate of drug-likeness (QED) is 0.389. The number of carbonyl (C=O) groups excluding carboxylic acids is 1. The minimum Gasteiger partial charge on any atom is -0.377 e. The van der Waals surface area contributed by atoms with E-state index in [9.17, 15) is 4.79 Å². The molecule has 1 amide bonds. The number of carbonyl (C=O) groups is 1. The number of nitrogens with one attached hydrogen (secondary N) is 1. The highest BCUT2D eigenvalue weighted by Gasteiger charge is 2.22. The number of rotatable bonds is 4. The van der Waals surface area contributed by atoms with Crippen molar-refractivity contribution in [2.24, 2.45) is 5.84 Å². The summed E-state index contributed by atoms with van der Waals surface area (Å²) in [5.41, 5.74) is 2.16. The van der Waals surface area contributed by atoms with Gasteiger partial charge in [0.2, 0.25) is 0 Å². The molecule has 1 aliphatic rings. The third-order valence-electron chi connectivity index (χ3n) is 2.95. The van der Waals surface area contributed by atoms with Gasteiger partial charge in [0, 0.05) is 13.2 Å². The SMILES string of the molecule is CC(C(=O)NN)N(C)CC1CCCCO1. The molecule has 0 spiro atoms. The lowest BCUT2D eigenvalue weighted by Crippen LogP contribution is -2.48. The predicted molar refractivity (Wildman–Crippen MR) is 58.0 cm³/mol.